The number of carbonyl (C=O) groups excluding carboxylic acids is 1. The van der Waals surface area contributed by atoms with Crippen LogP contribution in [-0.2, 0) is 17.5 Å². The normalized spacial score (nSPS) is 17.3. The van der Waals surface area contributed by atoms with Gasteiger partial charge in [0.15, 0.2) is 5.96 Å². The summed E-state index contributed by atoms with van der Waals surface area (Å²) in [5.41, 5.74) is 0.125. The van der Waals surface area contributed by atoms with Gasteiger partial charge in [0, 0.05) is 47.8 Å². The smallest absolute Gasteiger partial charge is 0.356 e. The summed E-state index contributed by atoms with van der Waals surface area (Å²) in [5, 5.41) is 3.29. The Morgan fingerprint density at radius 3 is 2.42 bits per heavy atom. The van der Waals surface area contributed by atoms with Gasteiger partial charge >= 0.3 is 6.18 Å². The van der Waals surface area contributed by atoms with E-state index in [-0.39, 0.29) is 35.9 Å². The molecule has 0 aromatic heterocycles. The molecule has 1 atom stereocenters. The molecule has 1 heterocycles. The number of likely N-dealkylation sites (N-methyl/N-ethyl adjacent to an activating group) is 1. The average molecular weight is 555 g/mol. The number of halogens is 4. The molecule has 0 radical (unpaired) electrons. The molecule has 10 heteroatoms. The van der Waals surface area contributed by atoms with Crippen LogP contribution < -0.4 is 5.32 Å². The van der Waals surface area contributed by atoms with Crippen molar-refractivity contribution in [3.63, 3.8) is 0 Å². The van der Waals surface area contributed by atoms with Crippen molar-refractivity contribution >= 4 is 35.8 Å². The van der Waals surface area contributed by atoms with Gasteiger partial charge in [0.25, 0.3) is 0 Å². The molecule has 1 aliphatic rings. The van der Waals surface area contributed by atoms with Crippen LogP contribution in [0.25, 0.3) is 0 Å². The minimum absolute atomic E-state index is 0. The molecule has 6 nitrogen and oxygen atoms in total. The first-order chi connectivity index (χ1) is 14.1. The van der Waals surface area contributed by atoms with Crippen molar-refractivity contribution in [1.82, 2.24) is 20.0 Å². The van der Waals surface area contributed by atoms with Gasteiger partial charge in [-0.05, 0) is 43.5 Å². The SMILES string of the molecule is CN=C(NCCCN1CCCC1C(=O)N(C)C)N(C)Cc1ccc(C(F)(F)F)cc1.I. The molecule has 1 aromatic carbocycles. The molecular formula is C21H33F3IN5O. The lowest BCUT2D eigenvalue weighted by Gasteiger charge is -2.26. The Morgan fingerprint density at radius 1 is 1.23 bits per heavy atom. The summed E-state index contributed by atoms with van der Waals surface area (Å²) in [4.78, 5) is 22.3. The Hall–Kier alpha value is -1.56. The van der Waals surface area contributed by atoms with Crippen LogP contribution in [0.4, 0.5) is 13.2 Å². The molecule has 1 N–H and O–H groups in total. The lowest BCUT2D eigenvalue weighted by molar-refractivity contribution is -0.137. The summed E-state index contributed by atoms with van der Waals surface area (Å²) in [7, 11) is 7.10. The van der Waals surface area contributed by atoms with Gasteiger partial charge in [0.1, 0.15) is 0 Å². The first kappa shape index (κ1) is 27.5. The molecule has 2 rings (SSSR count). The van der Waals surface area contributed by atoms with Crippen LogP contribution in [-0.4, -0.2) is 80.4 Å². The van der Waals surface area contributed by atoms with Crippen LogP contribution in [0.15, 0.2) is 29.3 Å². The van der Waals surface area contributed by atoms with E-state index in [1.54, 1.807) is 26.0 Å². The summed E-state index contributed by atoms with van der Waals surface area (Å²) in [6.45, 7) is 2.91. The first-order valence-corrected chi connectivity index (χ1v) is 10.2. The molecule has 0 spiro atoms. The molecule has 31 heavy (non-hydrogen) atoms. The van der Waals surface area contributed by atoms with Gasteiger partial charge in [-0.25, -0.2) is 0 Å². The van der Waals surface area contributed by atoms with Crippen LogP contribution >= 0.6 is 24.0 Å². The summed E-state index contributed by atoms with van der Waals surface area (Å²) < 4.78 is 38.1. The van der Waals surface area contributed by atoms with Gasteiger partial charge in [-0.1, -0.05) is 12.1 Å². The second-order valence-electron chi connectivity index (χ2n) is 7.80. The van der Waals surface area contributed by atoms with Crippen molar-refractivity contribution in [2.45, 2.75) is 38.0 Å². The maximum atomic E-state index is 12.7. The number of nitrogens with one attached hydrogen (secondary N) is 1. The number of aliphatic imine (C=N–C) groups is 1. The summed E-state index contributed by atoms with van der Waals surface area (Å²) in [6, 6.07) is 5.15. The van der Waals surface area contributed by atoms with E-state index in [9.17, 15) is 18.0 Å². The number of likely N-dealkylation sites (tertiary alicyclic amines) is 1. The Balaban J connectivity index is 0.00000480. The highest BCUT2D eigenvalue weighted by molar-refractivity contribution is 14.0. The zero-order chi connectivity index (χ0) is 22.3. The number of guanidine groups is 1. The number of nitrogens with zero attached hydrogens (tertiary/aromatic N) is 4. The van der Waals surface area contributed by atoms with Crippen molar-refractivity contribution in [3.8, 4) is 0 Å². The van der Waals surface area contributed by atoms with Crippen LogP contribution in [0.2, 0.25) is 0 Å². The van der Waals surface area contributed by atoms with E-state index in [0.29, 0.717) is 19.0 Å². The number of benzene rings is 1. The van der Waals surface area contributed by atoms with E-state index in [0.717, 1.165) is 50.0 Å². The van der Waals surface area contributed by atoms with E-state index >= 15 is 0 Å². The largest absolute Gasteiger partial charge is 0.416 e. The monoisotopic (exact) mass is 555 g/mol. The van der Waals surface area contributed by atoms with Gasteiger partial charge in [0.05, 0.1) is 11.6 Å². The van der Waals surface area contributed by atoms with E-state index in [1.165, 1.54) is 12.1 Å². The van der Waals surface area contributed by atoms with E-state index < -0.39 is 11.7 Å². The predicted molar refractivity (Wildman–Crippen MR) is 128 cm³/mol. The van der Waals surface area contributed by atoms with E-state index in [1.807, 2.05) is 11.9 Å². The topological polar surface area (TPSA) is 51.2 Å². The zero-order valence-electron chi connectivity index (χ0n) is 18.6. The maximum absolute atomic E-state index is 12.7. The number of hydrogen-bond acceptors (Lipinski definition) is 3. The molecular weight excluding hydrogens is 522 g/mol. The number of rotatable bonds is 7. The lowest BCUT2D eigenvalue weighted by Crippen LogP contribution is -2.44. The molecule has 1 amide bonds. The molecule has 1 unspecified atom stereocenters. The second kappa shape index (κ2) is 12.5. The minimum atomic E-state index is -4.33. The minimum Gasteiger partial charge on any atom is -0.356 e. The summed E-state index contributed by atoms with van der Waals surface area (Å²) in [6.07, 6.45) is -1.52. The number of amides is 1. The molecule has 0 aliphatic carbocycles. The van der Waals surface area contributed by atoms with Crippen molar-refractivity contribution < 1.29 is 18.0 Å². The van der Waals surface area contributed by atoms with Gasteiger partial charge < -0.3 is 15.1 Å². The average Bonchev–Trinajstić information content (AvgIpc) is 3.15. The number of alkyl halides is 3. The summed E-state index contributed by atoms with van der Waals surface area (Å²) in [5.74, 6) is 0.838. The standard InChI is InChI=1S/C21H32F3N5O.HI/c1-25-20(28(4)15-16-8-10-17(11-9-16)21(22,23)24)26-12-6-14-29-13-5-7-18(29)19(30)27(2)3;/h8-11,18H,5-7,12-15H2,1-4H3,(H,25,26);1H. The van der Waals surface area contributed by atoms with Gasteiger partial charge in [-0.2, -0.15) is 13.2 Å². The molecule has 0 saturated carbocycles. The van der Waals surface area contributed by atoms with Gasteiger partial charge in [0.2, 0.25) is 5.91 Å². The van der Waals surface area contributed by atoms with Crippen molar-refractivity contribution in [1.29, 1.82) is 0 Å². The highest BCUT2D eigenvalue weighted by Gasteiger charge is 2.31. The highest BCUT2D eigenvalue weighted by Crippen LogP contribution is 2.29. The molecule has 1 fully saturated rings. The third kappa shape index (κ3) is 8.13. The van der Waals surface area contributed by atoms with Crippen LogP contribution in [0, 0.1) is 0 Å². The van der Waals surface area contributed by atoms with Crippen LogP contribution in [0.5, 0.6) is 0 Å². The van der Waals surface area contributed by atoms with Crippen LogP contribution in [0.1, 0.15) is 30.4 Å². The molecule has 176 valence electrons. The lowest BCUT2D eigenvalue weighted by atomic mass is 10.1. The van der Waals surface area contributed by atoms with Gasteiger partial charge in [-0.15, -0.1) is 24.0 Å². The van der Waals surface area contributed by atoms with Crippen LogP contribution in [0.3, 0.4) is 0 Å². The quantitative estimate of drug-likeness (QED) is 0.243. The fourth-order valence-corrected chi connectivity index (χ4v) is 3.69. The predicted octanol–water partition coefficient (Wildman–Crippen LogP) is 3.27. The Kier molecular flexibility index (Phi) is 11.1. The van der Waals surface area contributed by atoms with Crippen molar-refractivity contribution in [3.05, 3.63) is 35.4 Å². The summed E-state index contributed by atoms with van der Waals surface area (Å²) >= 11 is 0. The maximum Gasteiger partial charge on any atom is 0.416 e. The molecule has 1 aromatic rings. The van der Waals surface area contributed by atoms with E-state index in [4.69, 9.17) is 0 Å². The van der Waals surface area contributed by atoms with Gasteiger partial charge in [-0.3, -0.25) is 14.7 Å². The number of carbonyl (C=O) groups is 1. The highest BCUT2D eigenvalue weighted by atomic mass is 127. The Labute approximate surface area is 199 Å². The fourth-order valence-electron chi connectivity index (χ4n) is 3.69. The molecule has 1 aliphatic heterocycles. The van der Waals surface area contributed by atoms with Crippen molar-refractivity contribution in [2.24, 2.45) is 4.99 Å². The zero-order valence-corrected chi connectivity index (χ0v) is 20.9. The first-order valence-electron chi connectivity index (χ1n) is 10.2. The molecule has 0 bridgehead atoms. The Morgan fingerprint density at radius 2 is 1.87 bits per heavy atom. The fraction of sp³-hybridized carbons (Fsp3) is 0.619. The Bertz CT molecular complexity index is 725. The number of hydrogen-bond donors (Lipinski definition) is 1. The molecule has 1 saturated heterocycles. The van der Waals surface area contributed by atoms with Crippen molar-refractivity contribution in [2.75, 3.05) is 47.8 Å². The van der Waals surface area contributed by atoms with E-state index in [2.05, 4.69) is 15.2 Å². The third-order valence-electron chi connectivity index (χ3n) is 5.27. The third-order valence-corrected chi connectivity index (χ3v) is 5.27. The second-order valence-corrected chi connectivity index (χ2v) is 7.80.